The lowest BCUT2D eigenvalue weighted by atomic mass is 10.2. The predicted octanol–water partition coefficient (Wildman–Crippen LogP) is 0.451. The minimum atomic E-state index is -0.0487. The highest BCUT2D eigenvalue weighted by molar-refractivity contribution is 5.28. The van der Waals surface area contributed by atoms with Gasteiger partial charge in [0.05, 0.1) is 6.61 Å². The average Bonchev–Trinajstić information content (AvgIpc) is 2.96. The van der Waals surface area contributed by atoms with Crippen molar-refractivity contribution < 1.29 is 9.52 Å². The second kappa shape index (κ2) is 4.07. The van der Waals surface area contributed by atoms with Crippen LogP contribution in [0, 0.1) is 0 Å². The molecule has 1 aromatic rings. The van der Waals surface area contributed by atoms with Gasteiger partial charge in [0.15, 0.2) is 0 Å². The maximum atomic E-state index is 8.95. The number of oxazole rings is 1. The van der Waals surface area contributed by atoms with E-state index >= 15 is 0 Å². The molecule has 0 radical (unpaired) electrons. The van der Waals surface area contributed by atoms with Crippen molar-refractivity contribution in [1.29, 1.82) is 0 Å². The number of aromatic nitrogens is 1. The summed E-state index contributed by atoms with van der Waals surface area (Å²) >= 11 is 0. The summed E-state index contributed by atoms with van der Waals surface area (Å²) in [5, 5.41) is 8.95. The van der Waals surface area contributed by atoms with Crippen LogP contribution in [0.5, 0.6) is 0 Å². The molecule has 0 amide bonds. The Balaban J connectivity index is 1.71. The van der Waals surface area contributed by atoms with Crippen LogP contribution in [0.15, 0.2) is 10.7 Å². The minimum absolute atomic E-state index is 0.0487. The van der Waals surface area contributed by atoms with E-state index < -0.39 is 0 Å². The number of piperazine rings is 1. The average molecular weight is 223 g/mol. The van der Waals surface area contributed by atoms with Gasteiger partial charge in [-0.2, -0.15) is 4.98 Å². The highest BCUT2D eigenvalue weighted by atomic mass is 16.4. The third-order valence-corrected chi connectivity index (χ3v) is 3.56. The third kappa shape index (κ3) is 1.70. The van der Waals surface area contributed by atoms with E-state index in [4.69, 9.17) is 9.52 Å². The maximum absolute atomic E-state index is 8.95. The zero-order chi connectivity index (χ0) is 11.0. The third-order valence-electron chi connectivity index (χ3n) is 3.56. The summed E-state index contributed by atoms with van der Waals surface area (Å²) in [5.41, 5.74) is 0.615. The van der Waals surface area contributed by atoms with Gasteiger partial charge in [0.1, 0.15) is 12.0 Å². The molecular weight excluding hydrogens is 206 g/mol. The Kier molecular flexibility index (Phi) is 2.57. The van der Waals surface area contributed by atoms with Gasteiger partial charge in [-0.1, -0.05) is 0 Å². The van der Waals surface area contributed by atoms with Gasteiger partial charge in [-0.3, -0.25) is 4.90 Å². The van der Waals surface area contributed by atoms with Crippen LogP contribution in [0.2, 0.25) is 0 Å². The number of fused-ring (bicyclic) bond motifs is 1. The zero-order valence-corrected chi connectivity index (χ0v) is 9.30. The van der Waals surface area contributed by atoms with Crippen LogP contribution >= 0.6 is 0 Å². The van der Waals surface area contributed by atoms with Gasteiger partial charge in [0.25, 0.3) is 6.01 Å². The number of hydrogen-bond acceptors (Lipinski definition) is 5. The zero-order valence-electron chi connectivity index (χ0n) is 9.30. The molecule has 1 unspecified atom stereocenters. The molecule has 16 heavy (non-hydrogen) atoms. The topological polar surface area (TPSA) is 52.7 Å². The fraction of sp³-hybridized carbons (Fsp3) is 0.727. The summed E-state index contributed by atoms with van der Waals surface area (Å²) in [5.74, 6) is 0. The van der Waals surface area contributed by atoms with Gasteiger partial charge in [0, 0.05) is 25.7 Å². The SMILES string of the molecule is OCc1coc(N2CCN3CCCC3C2)n1. The molecular formula is C11H17N3O2. The van der Waals surface area contributed by atoms with Crippen molar-refractivity contribution in [3.63, 3.8) is 0 Å². The Bertz CT molecular complexity index is 366. The second-order valence-corrected chi connectivity index (χ2v) is 4.56. The molecule has 2 saturated heterocycles. The lowest BCUT2D eigenvalue weighted by Crippen LogP contribution is -2.50. The van der Waals surface area contributed by atoms with Crippen molar-refractivity contribution in [3.05, 3.63) is 12.0 Å². The fourth-order valence-electron chi connectivity index (χ4n) is 2.68. The van der Waals surface area contributed by atoms with E-state index in [-0.39, 0.29) is 6.61 Å². The summed E-state index contributed by atoms with van der Waals surface area (Å²) < 4.78 is 5.38. The van der Waals surface area contributed by atoms with E-state index in [0.29, 0.717) is 17.8 Å². The highest BCUT2D eigenvalue weighted by Crippen LogP contribution is 2.24. The van der Waals surface area contributed by atoms with Crippen molar-refractivity contribution in [1.82, 2.24) is 9.88 Å². The Morgan fingerprint density at radius 3 is 3.19 bits per heavy atom. The molecule has 0 spiro atoms. The smallest absolute Gasteiger partial charge is 0.297 e. The lowest BCUT2D eigenvalue weighted by Gasteiger charge is -2.36. The van der Waals surface area contributed by atoms with E-state index in [9.17, 15) is 0 Å². The molecule has 2 aliphatic heterocycles. The predicted molar refractivity (Wildman–Crippen MR) is 59.2 cm³/mol. The maximum Gasteiger partial charge on any atom is 0.297 e. The van der Waals surface area contributed by atoms with Crippen LogP contribution in [-0.4, -0.2) is 47.2 Å². The van der Waals surface area contributed by atoms with Crippen molar-refractivity contribution in [2.24, 2.45) is 0 Å². The number of rotatable bonds is 2. The highest BCUT2D eigenvalue weighted by Gasteiger charge is 2.31. The van der Waals surface area contributed by atoms with Gasteiger partial charge in [-0.25, -0.2) is 0 Å². The number of hydrogen-bond donors (Lipinski definition) is 1. The van der Waals surface area contributed by atoms with Crippen LogP contribution in [0.25, 0.3) is 0 Å². The van der Waals surface area contributed by atoms with Crippen molar-refractivity contribution in [3.8, 4) is 0 Å². The molecule has 2 fully saturated rings. The van der Waals surface area contributed by atoms with Crippen LogP contribution in [0.4, 0.5) is 6.01 Å². The molecule has 3 heterocycles. The summed E-state index contributed by atoms with van der Waals surface area (Å²) in [6.45, 7) is 4.27. The Labute approximate surface area is 94.7 Å². The van der Waals surface area contributed by atoms with Crippen molar-refractivity contribution >= 4 is 6.01 Å². The molecule has 0 aromatic carbocycles. The van der Waals surface area contributed by atoms with Crippen LogP contribution in [0.1, 0.15) is 18.5 Å². The normalized spacial score (nSPS) is 26.1. The molecule has 3 rings (SSSR count). The first-order valence-electron chi connectivity index (χ1n) is 5.91. The summed E-state index contributed by atoms with van der Waals surface area (Å²) in [7, 11) is 0. The number of aliphatic hydroxyl groups is 1. The monoisotopic (exact) mass is 223 g/mol. The minimum Gasteiger partial charge on any atom is -0.432 e. The Morgan fingerprint density at radius 2 is 2.38 bits per heavy atom. The Hall–Kier alpha value is -1.07. The first-order valence-corrected chi connectivity index (χ1v) is 5.91. The molecule has 2 aliphatic rings. The van der Waals surface area contributed by atoms with Gasteiger partial charge in [-0.15, -0.1) is 0 Å². The van der Waals surface area contributed by atoms with E-state index in [1.54, 1.807) is 0 Å². The first-order chi connectivity index (χ1) is 7.86. The van der Waals surface area contributed by atoms with Gasteiger partial charge in [0.2, 0.25) is 0 Å². The summed E-state index contributed by atoms with van der Waals surface area (Å²) in [6, 6.07) is 1.33. The number of aliphatic hydroxyl groups excluding tert-OH is 1. The molecule has 0 aliphatic carbocycles. The molecule has 88 valence electrons. The molecule has 0 bridgehead atoms. The number of nitrogens with zero attached hydrogens (tertiary/aromatic N) is 3. The summed E-state index contributed by atoms with van der Waals surface area (Å²) in [6.07, 6.45) is 4.13. The van der Waals surface area contributed by atoms with Crippen molar-refractivity contribution in [2.45, 2.75) is 25.5 Å². The molecule has 1 aromatic heterocycles. The lowest BCUT2D eigenvalue weighted by molar-refractivity contribution is 0.226. The summed E-state index contributed by atoms with van der Waals surface area (Å²) in [4.78, 5) is 8.99. The van der Waals surface area contributed by atoms with Crippen LogP contribution < -0.4 is 4.90 Å². The first kappa shape index (κ1) is 10.1. The van der Waals surface area contributed by atoms with Gasteiger partial charge >= 0.3 is 0 Å². The van der Waals surface area contributed by atoms with Crippen LogP contribution in [-0.2, 0) is 6.61 Å². The van der Waals surface area contributed by atoms with Gasteiger partial charge in [-0.05, 0) is 19.4 Å². The second-order valence-electron chi connectivity index (χ2n) is 4.56. The quantitative estimate of drug-likeness (QED) is 0.789. The fourth-order valence-corrected chi connectivity index (χ4v) is 2.68. The van der Waals surface area contributed by atoms with E-state index in [1.807, 2.05) is 0 Å². The Morgan fingerprint density at radius 1 is 1.44 bits per heavy atom. The number of anilines is 1. The molecule has 0 saturated carbocycles. The molecule has 5 heteroatoms. The molecule has 1 N–H and O–H groups in total. The van der Waals surface area contributed by atoms with E-state index in [0.717, 1.165) is 19.6 Å². The van der Waals surface area contributed by atoms with Crippen LogP contribution in [0.3, 0.4) is 0 Å². The van der Waals surface area contributed by atoms with Gasteiger partial charge < -0.3 is 14.4 Å². The molecule has 5 nitrogen and oxygen atoms in total. The van der Waals surface area contributed by atoms with Crippen molar-refractivity contribution in [2.75, 3.05) is 31.1 Å². The van der Waals surface area contributed by atoms with E-state index in [2.05, 4.69) is 14.8 Å². The molecule has 1 atom stereocenters. The van der Waals surface area contributed by atoms with E-state index in [1.165, 1.54) is 25.6 Å². The standard InChI is InChI=1S/C11H17N3O2/c15-7-9-8-16-11(12-9)14-5-4-13-3-1-2-10(13)6-14/h8,10,15H,1-7H2. The largest absolute Gasteiger partial charge is 0.432 e.